The highest BCUT2D eigenvalue weighted by Crippen LogP contribution is 2.40. The van der Waals surface area contributed by atoms with Crippen molar-refractivity contribution in [2.75, 3.05) is 13.7 Å². The molecule has 0 aliphatic heterocycles. The van der Waals surface area contributed by atoms with E-state index in [0.29, 0.717) is 18.6 Å². The van der Waals surface area contributed by atoms with Crippen LogP contribution in [0.25, 0.3) is 0 Å². The maximum absolute atomic E-state index is 11.8. The maximum Gasteiger partial charge on any atom is 0.240 e. The van der Waals surface area contributed by atoms with Crippen LogP contribution in [0.1, 0.15) is 51.4 Å². The summed E-state index contributed by atoms with van der Waals surface area (Å²) in [5, 5.41) is 3.13. The van der Waals surface area contributed by atoms with Gasteiger partial charge >= 0.3 is 0 Å². The fraction of sp³-hybridized carbons (Fsp3) is 0.929. The fourth-order valence-electron chi connectivity index (χ4n) is 3.02. The first-order valence-electron chi connectivity index (χ1n) is 7.29. The van der Waals surface area contributed by atoms with Crippen LogP contribution in [0.2, 0.25) is 0 Å². The number of amides is 1. The van der Waals surface area contributed by atoms with E-state index in [-0.39, 0.29) is 5.91 Å². The Labute approximate surface area is 110 Å². The molecule has 3 N–H and O–H groups in total. The Morgan fingerprint density at radius 1 is 1.22 bits per heavy atom. The molecule has 2 rings (SSSR count). The Morgan fingerprint density at radius 3 is 2.28 bits per heavy atom. The normalized spacial score (nSPS) is 25.4. The summed E-state index contributed by atoms with van der Waals surface area (Å²) in [5.41, 5.74) is 4.96. The van der Waals surface area contributed by atoms with Crippen LogP contribution in [0.5, 0.6) is 0 Å². The lowest BCUT2D eigenvalue weighted by Crippen LogP contribution is -2.59. The lowest BCUT2D eigenvalue weighted by molar-refractivity contribution is -0.129. The molecule has 0 radical (unpaired) electrons. The van der Waals surface area contributed by atoms with Gasteiger partial charge in [0.1, 0.15) is 5.54 Å². The van der Waals surface area contributed by atoms with Crippen molar-refractivity contribution < 1.29 is 9.53 Å². The summed E-state index contributed by atoms with van der Waals surface area (Å²) in [4.78, 5) is 11.8. The molecule has 2 fully saturated rings. The van der Waals surface area contributed by atoms with E-state index in [2.05, 4.69) is 5.32 Å². The van der Waals surface area contributed by atoms with Gasteiger partial charge in [-0.3, -0.25) is 4.79 Å². The van der Waals surface area contributed by atoms with Gasteiger partial charge in [0, 0.05) is 0 Å². The lowest BCUT2D eigenvalue weighted by Gasteiger charge is -2.32. The van der Waals surface area contributed by atoms with Gasteiger partial charge in [-0.1, -0.05) is 25.7 Å². The molecule has 4 nitrogen and oxygen atoms in total. The molecule has 1 amide bonds. The maximum atomic E-state index is 11.8. The van der Waals surface area contributed by atoms with Gasteiger partial charge in [0.15, 0.2) is 0 Å². The van der Waals surface area contributed by atoms with E-state index < -0.39 is 5.54 Å². The standard InChI is InChI=1S/C14H26N2O2/c1-16-14(13(15)17,11-8-9-11)10-18-12-6-4-2-3-5-7-12/h11-12,16H,2-10H2,1H3,(H2,15,17). The molecule has 0 bridgehead atoms. The van der Waals surface area contributed by atoms with Crippen molar-refractivity contribution >= 4 is 5.91 Å². The summed E-state index contributed by atoms with van der Waals surface area (Å²) in [6.45, 7) is 0.439. The van der Waals surface area contributed by atoms with Crippen LogP contribution in [0, 0.1) is 5.92 Å². The van der Waals surface area contributed by atoms with Crippen LogP contribution in [0.3, 0.4) is 0 Å². The van der Waals surface area contributed by atoms with Crippen LogP contribution >= 0.6 is 0 Å². The van der Waals surface area contributed by atoms with E-state index >= 15 is 0 Å². The monoisotopic (exact) mass is 254 g/mol. The topological polar surface area (TPSA) is 64.3 Å². The average Bonchev–Trinajstić information content (AvgIpc) is 3.17. The second-order valence-electron chi connectivity index (χ2n) is 5.78. The molecule has 4 heteroatoms. The van der Waals surface area contributed by atoms with E-state index in [0.717, 1.165) is 25.7 Å². The largest absolute Gasteiger partial charge is 0.376 e. The number of carbonyl (C=O) groups excluding carboxylic acids is 1. The van der Waals surface area contributed by atoms with E-state index in [4.69, 9.17) is 10.5 Å². The number of primary amides is 1. The van der Waals surface area contributed by atoms with Crippen LogP contribution in [0.4, 0.5) is 0 Å². The molecule has 2 aliphatic carbocycles. The van der Waals surface area contributed by atoms with Gasteiger partial charge in [-0.25, -0.2) is 0 Å². The van der Waals surface area contributed by atoms with E-state index in [1.807, 2.05) is 7.05 Å². The Hall–Kier alpha value is -0.610. The molecular weight excluding hydrogens is 228 g/mol. The highest BCUT2D eigenvalue weighted by molar-refractivity contribution is 5.85. The van der Waals surface area contributed by atoms with Gasteiger partial charge in [-0.15, -0.1) is 0 Å². The molecule has 0 aromatic heterocycles. The Bertz CT molecular complexity index is 284. The number of ether oxygens (including phenoxy) is 1. The molecule has 0 spiro atoms. The van der Waals surface area contributed by atoms with Gasteiger partial charge in [-0.05, 0) is 38.6 Å². The molecular formula is C14H26N2O2. The van der Waals surface area contributed by atoms with E-state index in [1.165, 1.54) is 25.7 Å². The van der Waals surface area contributed by atoms with E-state index in [1.54, 1.807) is 0 Å². The predicted molar refractivity (Wildman–Crippen MR) is 71.2 cm³/mol. The second-order valence-corrected chi connectivity index (χ2v) is 5.78. The number of carbonyl (C=O) groups is 1. The van der Waals surface area contributed by atoms with Crippen LogP contribution in [-0.2, 0) is 9.53 Å². The summed E-state index contributed by atoms with van der Waals surface area (Å²) in [6.07, 6.45) is 9.86. The number of nitrogens with two attached hydrogens (primary N) is 1. The van der Waals surface area contributed by atoms with Crippen molar-refractivity contribution in [1.29, 1.82) is 0 Å². The molecule has 1 atom stereocenters. The van der Waals surface area contributed by atoms with Crippen molar-refractivity contribution in [2.45, 2.75) is 63.0 Å². The molecule has 2 saturated carbocycles. The minimum atomic E-state index is -0.633. The number of hydrogen-bond donors (Lipinski definition) is 2. The molecule has 18 heavy (non-hydrogen) atoms. The van der Waals surface area contributed by atoms with Gasteiger partial charge in [-0.2, -0.15) is 0 Å². The first-order valence-corrected chi connectivity index (χ1v) is 7.29. The van der Waals surface area contributed by atoms with Crippen molar-refractivity contribution in [1.82, 2.24) is 5.32 Å². The SMILES string of the molecule is CNC(COC1CCCCCC1)(C(N)=O)C1CC1. The third-order valence-electron chi connectivity index (χ3n) is 4.51. The quantitative estimate of drug-likeness (QED) is 0.707. The van der Waals surface area contributed by atoms with E-state index in [9.17, 15) is 4.79 Å². The summed E-state index contributed by atoms with van der Waals surface area (Å²) in [6, 6.07) is 0. The summed E-state index contributed by atoms with van der Waals surface area (Å²) >= 11 is 0. The van der Waals surface area contributed by atoms with Crippen molar-refractivity contribution in [3.63, 3.8) is 0 Å². The van der Waals surface area contributed by atoms with Gasteiger partial charge in [0.2, 0.25) is 5.91 Å². The minimum absolute atomic E-state index is 0.263. The summed E-state index contributed by atoms with van der Waals surface area (Å²) in [7, 11) is 1.82. The van der Waals surface area contributed by atoms with Crippen LogP contribution in [-0.4, -0.2) is 31.2 Å². The number of likely N-dealkylation sites (N-methyl/N-ethyl adjacent to an activating group) is 1. The lowest BCUT2D eigenvalue weighted by atomic mass is 9.93. The Morgan fingerprint density at radius 2 is 1.83 bits per heavy atom. The fourth-order valence-corrected chi connectivity index (χ4v) is 3.02. The molecule has 0 aromatic carbocycles. The zero-order valence-electron chi connectivity index (χ0n) is 11.4. The van der Waals surface area contributed by atoms with Gasteiger partial charge in [0.25, 0.3) is 0 Å². The van der Waals surface area contributed by atoms with Gasteiger partial charge < -0.3 is 15.8 Å². The molecule has 0 saturated heterocycles. The minimum Gasteiger partial charge on any atom is -0.376 e. The number of hydrogen-bond acceptors (Lipinski definition) is 3. The average molecular weight is 254 g/mol. The summed E-state index contributed by atoms with van der Waals surface area (Å²) < 4.78 is 6.02. The second kappa shape index (κ2) is 6.02. The Kier molecular flexibility index (Phi) is 4.62. The molecule has 0 aromatic rings. The highest BCUT2D eigenvalue weighted by Gasteiger charge is 2.49. The molecule has 0 heterocycles. The zero-order valence-corrected chi connectivity index (χ0v) is 11.4. The molecule has 104 valence electrons. The predicted octanol–water partition coefficient (Wildman–Crippen LogP) is 1.58. The van der Waals surface area contributed by atoms with Crippen LogP contribution < -0.4 is 11.1 Å². The van der Waals surface area contributed by atoms with Crippen molar-refractivity contribution in [3.05, 3.63) is 0 Å². The third kappa shape index (κ3) is 3.04. The van der Waals surface area contributed by atoms with Crippen LogP contribution in [0.15, 0.2) is 0 Å². The smallest absolute Gasteiger partial charge is 0.240 e. The van der Waals surface area contributed by atoms with Gasteiger partial charge in [0.05, 0.1) is 12.7 Å². The first-order chi connectivity index (χ1) is 8.69. The zero-order chi connectivity index (χ0) is 13.0. The summed E-state index contributed by atoms with van der Waals surface area (Å²) in [5.74, 6) is 0.104. The van der Waals surface area contributed by atoms with Crippen molar-refractivity contribution in [2.24, 2.45) is 11.7 Å². The van der Waals surface area contributed by atoms with Crippen molar-refractivity contribution in [3.8, 4) is 0 Å². The third-order valence-corrected chi connectivity index (χ3v) is 4.51. The first kappa shape index (κ1) is 13.8. The number of rotatable bonds is 6. The highest BCUT2D eigenvalue weighted by atomic mass is 16.5. The number of nitrogens with one attached hydrogen (secondary N) is 1. The molecule has 1 unspecified atom stereocenters. The Balaban J connectivity index is 1.90. The molecule has 2 aliphatic rings.